The molecule has 0 aromatic rings. The standard InChI is InChI=1S/C12H22F3NO3/c1-3-6-16(9-11(17)19-4-2)7-5-8-18-10-12(13,14)15/h3-10H2,1-2H3. The minimum Gasteiger partial charge on any atom is -0.465 e. The molecule has 4 nitrogen and oxygen atoms in total. The summed E-state index contributed by atoms with van der Waals surface area (Å²) >= 11 is 0. The topological polar surface area (TPSA) is 38.8 Å². The molecule has 0 aliphatic rings. The molecule has 7 heteroatoms. The molecular formula is C12H22F3NO3. The van der Waals surface area contributed by atoms with Gasteiger partial charge in [-0.2, -0.15) is 13.2 Å². The number of nitrogens with zero attached hydrogens (tertiary/aromatic N) is 1. The van der Waals surface area contributed by atoms with E-state index in [1.54, 1.807) is 6.92 Å². The van der Waals surface area contributed by atoms with Crippen molar-refractivity contribution in [2.75, 3.05) is 39.5 Å². The zero-order valence-electron chi connectivity index (χ0n) is 11.5. The zero-order chi connectivity index (χ0) is 14.7. The van der Waals surface area contributed by atoms with Crippen LogP contribution in [0, 0.1) is 0 Å². The minimum absolute atomic E-state index is 0.0303. The molecule has 0 fully saturated rings. The third-order valence-electron chi connectivity index (χ3n) is 2.23. The maximum Gasteiger partial charge on any atom is 0.411 e. The molecule has 0 N–H and O–H groups in total. The predicted octanol–water partition coefficient (Wildman–Crippen LogP) is 2.23. The van der Waals surface area contributed by atoms with E-state index in [1.807, 2.05) is 11.8 Å². The fourth-order valence-electron chi connectivity index (χ4n) is 1.55. The molecule has 0 amide bonds. The van der Waals surface area contributed by atoms with E-state index in [1.165, 1.54) is 0 Å². The summed E-state index contributed by atoms with van der Waals surface area (Å²) in [5.74, 6) is -0.313. The van der Waals surface area contributed by atoms with Crippen LogP contribution >= 0.6 is 0 Å². The Kier molecular flexibility index (Phi) is 9.59. The van der Waals surface area contributed by atoms with Gasteiger partial charge in [0.15, 0.2) is 0 Å². The molecule has 0 unspecified atom stereocenters. The molecular weight excluding hydrogens is 263 g/mol. The molecule has 0 radical (unpaired) electrons. The van der Waals surface area contributed by atoms with Crippen molar-refractivity contribution in [2.24, 2.45) is 0 Å². The second-order valence-corrected chi connectivity index (χ2v) is 4.10. The molecule has 0 saturated heterocycles. The summed E-state index contributed by atoms with van der Waals surface area (Å²) in [6.07, 6.45) is -2.97. The van der Waals surface area contributed by atoms with E-state index in [2.05, 4.69) is 4.74 Å². The van der Waals surface area contributed by atoms with Crippen LogP contribution < -0.4 is 0 Å². The molecule has 0 aromatic heterocycles. The van der Waals surface area contributed by atoms with Gasteiger partial charge in [0, 0.05) is 13.2 Å². The van der Waals surface area contributed by atoms with E-state index < -0.39 is 12.8 Å². The van der Waals surface area contributed by atoms with E-state index in [0.29, 0.717) is 26.1 Å². The number of hydrogen-bond donors (Lipinski definition) is 0. The molecule has 0 saturated carbocycles. The first-order valence-corrected chi connectivity index (χ1v) is 6.41. The number of esters is 1. The highest BCUT2D eigenvalue weighted by atomic mass is 19.4. The van der Waals surface area contributed by atoms with Crippen LogP contribution in [0.2, 0.25) is 0 Å². The molecule has 0 heterocycles. The van der Waals surface area contributed by atoms with Crippen molar-refractivity contribution in [3.05, 3.63) is 0 Å². The van der Waals surface area contributed by atoms with E-state index in [0.717, 1.165) is 6.42 Å². The van der Waals surface area contributed by atoms with Crippen molar-refractivity contribution in [1.29, 1.82) is 0 Å². The summed E-state index contributed by atoms with van der Waals surface area (Å²) in [5, 5.41) is 0. The van der Waals surface area contributed by atoms with Crippen LogP contribution in [0.4, 0.5) is 13.2 Å². The predicted molar refractivity (Wildman–Crippen MR) is 64.9 cm³/mol. The van der Waals surface area contributed by atoms with Gasteiger partial charge in [-0.25, -0.2) is 0 Å². The lowest BCUT2D eigenvalue weighted by molar-refractivity contribution is -0.174. The van der Waals surface area contributed by atoms with Gasteiger partial charge < -0.3 is 9.47 Å². The Bertz CT molecular complexity index is 247. The Morgan fingerprint density at radius 3 is 2.42 bits per heavy atom. The van der Waals surface area contributed by atoms with Crippen LogP contribution in [0.1, 0.15) is 26.7 Å². The maximum atomic E-state index is 11.8. The highest BCUT2D eigenvalue weighted by Crippen LogP contribution is 2.14. The summed E-state index contributed by atoms with van der Waals surface area (Å²) in [6, 6.07) is 0. The summed E-state index contributed by atoms with van der Waals surface area (Å²) in [6.45, 7) is 4.23. The Hall–Kier alpha value is -0.820. The van der Waals surface area contributed by atoms with Crippen molar-refractivity contribution in [2.45, 2.75) is 32.9 Å². The van der Waals surface area contributed by atoms with E-state index in [-0.39, 0.29) is 19.1 Å². The summed E-state index contributed by atoms with van der Waals surface area (Å²) in [5.41, 5.74) is 0. The Morgan fingerprint density at radius 1 is 1.21 bits per heavy atom. The van der Waals surface area contributed by atoms with Gasteiger partial charge in [0.05, 0.1) is 13.2 Å². The summed E-state index contributed by atoms with van der Waals surface area (Å²) < 4.78 is 44.8. The summed E-state index contributed by atoms with van der Waals surface area (Å²) in [7, 11) is 0. The summed E-state index contributed by atoms with van der Waals surface area (Å²) in [4.78, 5) is 13.2. The number of alkyl halides is 3. The van der Waals surface area contributed by atoms with Crippen LogP contribution in [0.5, 0.6) is 0 Å². The van der Waals surface area contributed by atoms with Gasteiger partial charge in [-0.1, -0.05) is 6.92 Å². The Labute approximate surface area is 111 Å². The lowest BCUT2D eigenvalue weighted by Gasteiger charge is -2.20. The van der Waals surface area contributed by atoms with Crippen molar-refractivity contribution in [1.82, 2.24) is 4.90 Å². The van der Waals surface area contributed by atoms with Crippen LogP contribution in [-0.2, 0) is 14.3 Å². The molecule has 19 heavy (non-hydrogen) atoms. The fraction of sp³-hybridized carbons (Fsp3) is 0.917. The monoisotopic (exact) mass is 285 g/mol. The molecule has 0 aromatic carbocycles. The van der Waals surface area contributed by atoms with Gasteiger partial charge in [0.2, 0.25) is 0 Å². The molecule has 0 rings (SSSR count). The van der Waals surface area contributed by atoms with Gasteiger partial charge >= 0.3 is 12.1 Å². The van der Waals surface area contributed by atoms with E-state index >= 15 is 0 Å². The van der Waals surface area contributed by atoms with Crippen molar-refractivity contribution in [3.8, 4) is 0 Å². The normalized spacial score (nSPS) is 11.9. The number of hydrogen-bond acceptors (Lipinski definition) is 4. The molecule has 114 valence electrons. The third-order valence-corrected chi connectivity index (χ3v) is 2.23. The number of rotatable bonds is 10. The van der Waals surface area contributed by atoms with Crippen LogP contribution in [-0.4, -0.2) is 56.5 Å². The smallest absolute Gasteiger partial charge is 0.411 e. The average Bonchev–Trinajstić information content (AvgIpc) is 2.27. The highest BCUT2D eigenvalue weighted by Gasteiger charge is 2.27. The lowest BCUT2D eigenvalue weighted by atomic mass is 10.3. The lowest BCUT2D eigenvalue weighted by Crippen LogP contribution is -2.33. The average molecular weight is 285 g/mol. The van der Waals surface area contributed by atoms with E-state index in [9.17, 15) is 18.0 Å². The molecule has 0 bridgehead atoms. The van der Waals surface area contributed by atoms with Gasteiger partial charge in [-0.15, -0.1) is 0 Å². The zero-order valence-corrected chi connectivity index (χ0v) is 11.5. The minimum atomic E-state index is -4.28. The Balaban J connectivity index is 3.79. The molecule has 0 spiro atoms. The third kappa shape index (κ3) is 12.0. The first-order chi connectivity index (χ1) is 8.89. The van der Waals surface area contributed by atoms with E-state index in [4.69, 9.17) is 4.74 Å². The molecule has 0 aliphatic carbocycles. The first kappa shape index (κ1) is 18.2. The van der Waals surface area contributed by atoms with Crippen molar-refractivity contribution in [3.63, 3.8) is 0 Å². The van der Waals surface area contributed by atoms with Gasteiger partial charge in [-0.05, 0) is 26.3 Å². The first-order valence-electron chi connectivity index (χ1n) is 6.41. The second kappa shape index (κ2) is 10.0. The molecule has 0 atom stereocenters. The van der Waals surface area contributed by atoms with Crippen LogP contribution in [0.25, 0.3) is 0 Å². The number of carbonyl (C=O) groups excluding carboxylic acids is 1. The largest absolute Gasteiger partial charge is 0.465 e. The SMILES string of the molecule is CCCN(CCCOCC(F)(F)F)CC(=O)OCC. The van der Waals surface area contributed by atoms with Crippen molar-refractivity contribution >= 4 is 5.97 Å². The van der Waals surface area contributed by atoms with Gasteiger partial charge in [0.25, 0.3) is 0 Å². The second-order valence-electron chi connectivity index (χ2n) is 4.10. The number of ether oxygens (including phenoxy) is 2. The Morgan fingerprint density at radius 2 is 1.89 bits per heavy atom. The fourth-order valence-corrected chi connectivity index (χ4v) is 1.55. The van der Waals surface area contributed by atoms with Crippen LogP contribution in [0.3, 0.4) is 0 Å². The number of carbonyl (C=O) groups is 1. The number of halogens is 3. The van der Waals surface area contributed by atoms with Gasteiger partial charge in [-0.3, -0.25) is 9.69 Å². The van der Waals surface area contributed by atoms with Gasteiger partial charge in [0.1, 0.15) is 6.61 Å². The quantitative estimate of drug-likeness (QED) is 0.456. The maximum absolute atomic E-state index is 11.8. The van der Waals surface area contributed by atoms with Crippen LogP contribution in [0.15, 0.2) is 0 Å². The highest BCUT2D eigenvalue weighted by molar-refractivity contribution is 5.71. The van der Waals surface area contributed by atoms with Crippen molar-refractivity contribution < 1.29 is 27.4 Å². The molecule has 0 aliphatic heterocycles.